The van der Waals surface area contributed by atoms with E-state index in [-0.39, 0.29) is 18.1 Å². The van der Waals surface area contributed by atoms with Crippen LogP contribution in [0.5, 0.6) is 0 Å². The van der Waals surface area contributed by atoms with Gasteiger partial charge in [-0.2, -0.15) is 0 Å². The topological polar surface area (TPSA) is 49.6 Å². The number of carbonyl (C=O) groups excluding carboxylic acids is 1. The highest BCUT2D eigenvalue weighted by Crippen LogP contribution is 2.11. The summed E-state index contributed by atoms with van der Waals surface area (Å²) in [7, 11) is 0. The lowest BCUT2D eigenvalue weighted by Crippen LogP contribution is -2.53. The molecule has 1 amide bonds. The molecular formula is C15H22FN3O. The molecule has 2 rings (SSSR count). The minimum Gasteiger partial charge on any atom is -0.340 e. The van der Waals surface area contributed by atoms with Gasteiger partial charge in [-0.3, -0.25) is 9.69 Å². The van der Waals surface area contributed by atoms with Crippen molar-refractivity contribution in [1.82, 2.24) is 9.80 Å². The summed E-state index contributed by atoms with van der Waals surface area (Å²) in [5.41, 5.74) is 6.12. The third-order valence-corrected chi connectivity index (χ3v) is 3.93. The average Bonchev–Trinajstić information content (AvgIpc) is 2.49. The lowest BCUT2D eigenvalue weighted by molar-refractivity contribution is -0.132. The van der Waals surface area contributed by atoms with Gasteiger partial charge in [0.2, 0.25) is 5.91 Å². The summed E-state index contributed by atoms with van der Waals surface area (Å²) >= 11 is 0. The molecule has 0 spiro atoms. The van der Waals surface area contributed by atoms with Crippen LogP contribution in [0.25, 0.3) is 0 Å². The maximum atomic E-state index is 13.5. The highest BCUT2D eigenvalue weighted by Gasteiger charge is 2.23. The molecule has 4 nitrogen and oxygen atoms in total. The van der Waals surface area contributed by atoms with Crippen molar-refractivity contribution in [1.29, 1.82) is 0 Å². The number of amides is 1. The van der Waals surface area contributed by atoms with E-state index in [0.717, 1.165) is 13.1 Å². The minimum atomic E-state index is -0.309. The SMILES string of the molecule is CC(CN)N1CCN(C(=O)Cc2ccccc2F)CC1. The molecule has 1 aliphatic rings. The molecule has 0 bridgehead atoms. The Labute approximate surface area is 119 Å². The van der Waals surface area contributed by atoms with E-state index in [2.05, 4.69) is 11.8 Å². The molecule has 1 unspecified atom stereocenters. The standard InChI is InChI=1S/C15H22FN3O/c1-12(11-17)18-6-8-19(9-7-18)15(20)10-13-4-2-3-5-14(13)16/h2-5,12H,6-11,17H2,1H3. The van der Waals surface area contributed by atoms with Gasteiger partial charge < -0.3 is 10.6 Å². The fourth-order valence-corrected chi connectivity index (χ4v) is 2.48. The number of hydrogen-bond acceptors (Lipinski definition) is 3. The van der Waals surface area contributed by atoms with E-state index < -0.39 is 0 Å². The van der Waals surface area contributed by atoms with Gasteiger partial charge >= 0.3 is 0 Å². The maximum absolute atomic E-state index is 13.5. The van der Waals surface area contributed by atoms with Crippen molar-refractivity contribution in [2.24, 2.45) is 5.73 Å². The van der Waals surface area contributed by atoms with Crippen LogP contribution in [0, 0.1) is 5.82 Å². The highest BCUT2D eigenvalue weighted by molar-refractivity contribution is 5.79. The summed E-state index contributed by atoms with van der Waals surface area (Å²) in [5, 5.41) is 0. The minimum absolute atomic E-state index is 0.00449. The molecular weight excluding hydrogens is 257 g/mol. The van der Waals surface area contributed by atoms with Crippen molar-refractivity contribution in [2.75, 3.05) is 32.7 Å². The van der Waals surface area contributed by atoms with Crippen LogP contribution < -0.4 is 5.73 Å². The Bertz CT molecular complexity index is 458. The first-order valence-corrected chi connectivity index (χ1v) is 7.07. The van der Waals surface area contributed by atoms with Gasteiger partial charge in [0.05, 0.1) is 6.42 Å². The first kappa shape index (κ1) is 14.9. The van der Waals surface area contributed by atoms with Gasteiger partial charge in [0.1, 0.15) is 5.82 Å². The number of halogens is 1. The maximum Gasteiger partial charge on any atom is 0.227 e. The van der Waals surface area contributed by atoms with E-state index in [4.69, 9.17) is 5.73 Å². The third kappa shape index (κ3) is 3.55. The lowest BCUT2D eigenvalue weighted by Gasteiger charge is -2.37. The zero-order valence-electron chi connectivity index (χ0n) is 11.9. The summed E-state index contributed by atoms with van der Waals surface area (Å²) in [6.45, 7) is 5.78. The van der Waals surface area contributed by atoms with E-state index >= 15 is 0 Å². The normalized spacial score (nSPS) is 18.1. The highest BCUT2D eigenvalue weighted by atomic mass is 19.1. The number of benzene rings is 1. The fourth-order valence-electron chi connectivity index (χ4n) is 2.48. The largest absolute Gasteiger partial charge is 0.340 e. The van der Waals surface area contributed by atoms with E-state index in [9.17, 15) is 9.18 Å². The van der Waals surface area contributed by atoms with Gasteiger partial charge in [-0.05, 0) is 18.6 Å². The second-order valence-corrected chi connectivity index (χ2v) is 5.27. The van der Waals surface area contributed by atoms with Gasteiger partial charge in [-0.15, -0.1) is 0 Å². The van der Waals surface area contributed by atoms with E-state index in [1.54, 1.807) is 18.2 Å². The molecule has 1 fully saturated rings. The smallest absolute Gasteiger partial charge is 0.227 e. The van der Waals surface area contributed by atoms with Gasteiger partial charge in [0.15, 0.2) is 0 Å². The van der Waals surface area contributed by atoms with E-state index in [1.165, 1.54) is 6.07 Å². The van der Waals surface area contributed by atoms with Crippen LogP contribution in [0.1, 0.15) is 12.5 Å². The Morgan fingerprint density at radius 1 is 1.30 bits per heavy atom. The second-order valence-electron chi connectivity index (χ2n) is 5.27. The molecule has 0 saturated carbocycles. The molecule has 2 N–H and O–H groups in total. The van der Waals surface area contributed by atoms with Crippen molar-refractivity contribution < 1.29 is 9.18 Å². The van der Waals surface area contributed by atoms with E-state index in [1.807, 2.05) is 4.90 Å². The van der Waals surface area contributed by atoms with Gasteiger partial charge in [0.25, 0.3) is 0 Å². The van der Waals surface area contributed by atoms with Crippen molar-refractivity contribution in [3.05, 3.63) is 35.6 Å². The van der Waals surface area contributed by atoms with Gasteiger partial charge in [-0.25, -0.2) is 4.39 Å². The second kappa shape index (κ2) is 6.81. The average molecular weight is 279 g/mol. The first-order valence-electron chi connectivity index (χ1n) is 7.07. The molecule has 1 saturated heterocycles. The predicted octanol–water partition coefficient (Wildman–Crippen LogP) is 0.860. The Morgan fingerprint density at radius 2 is 1.95 bits per heavy atom. The van der Waals surface area contributed by atoms with Crippen molar-refractivity contribution >= 4 is 5.91 Å². The van der Waals surface area contributed by atoms with Gasteiger partial charge in [-0.1, -0.05) is 18.2 Å². The van der Waals surface area contributed by atoms with Crippen LogP contribution >= 0.6 is 0 Å². The summed E-state index contributed by atoms with van der Waals surface area (Å²) in [6, 6.07) is 6.80. The zero-order valence-corrected chi connectivity index (χ0v) is 11.9. The number of nitrogens with two attached hydrogens (primary N) is 1. The summed E-state index contributed by atoms with van der Waals surface area (Å²) in [6.07, 6.45) is 0.138. The van der Waals surface area contributed by atoms with Crippen molar-refractivity contribution in [3.63, 3.8) is 0 Å². The van der Waals surface area contributed by atoms with Crippen LogP contribution in [0.2, 0.25) is 0 Å². The zero-order chi connectivity index (χ0) is 14.5. The first-order chi connectivity index (χ1) is 9.61. The van der Waals surface area contributed by atoms with Crippen LogP contribution in [-0.4, -0.2) is 54.5 Å². The summed E-state index contributed by atoms with van der Waals surface area (Å²) in [4.78, 5) is 16.3. The Balaban J connectivity index is 1.88. The molecule has 1 aromatic rings. The molecule has 1 heterocycles. The molecule has 1 aliphatic heterocycles. The molecule has 0 radical (unpaired) electrons. The molecule has 1 atom stereocenters. The number of piperazine rings is 1. The molecule has 1 aromatic carbocycles. The molecule has 0 aromatic heterocycles. The number of nitrogens with zero attached hydrogens (tertiary/aromatic N) is 2. The Morgan fingerprint density at radius 3 is 2.55 bits per heavy atom. The van der Waals surface area contributed by atoms with Crippen molar-refractivity contribution in [3.8, 4) is 0 Å². The summed E-state index contributed by atoms with van der Waals surface area (Å²) in [5.74, 6) is -0.314. The Kier molecular flexibility index (Phi) is 5.09. The quantitative estimate of drug-likeness (QED) is 0.889. The monoisotopic (exact) mass is 279 g/mol. The Hall–Kier alpha value is -1.46. The lowest BCUT2D eigenvalue weighted by atomic mass is 10.1. The number of rotatable bonds is 4. The summed E-state index contributed by atoms with van der Waals surface area (Å²) < 4.78 is 13.5. The van der Waals surface area contributed by atoms with Crippen LogP contribution in [0.4, 0.5) is 4.39 Å². The predicted molar refractivity (Wildman–Crippen MR) is 76.8 cm³/mol. The fraction of sp³-hybridized carbons (Fsp3) is 0.533. The van der Waals surface area contributed by atoms with Gasteiger partial charge in [0, 0.05) is 38.8 Å². The van der Waals surface area contributed by atoms with Crippen molar-refractivity contribution in [2.45, 2.75) is 19.4 Å². The molecule has 5 heteroatoms. The number of hydrogen-bond donors (Lipinski definition) is 1. The molecule has 110 valence electrons. The van der Waals surface area contributed by atoms with Crippen LogP contribution in [0.15, 0.2) is 24.3 Å². The van der Waals surface area contributed by atoms with Crippen LogP contribution in [0.3, 0.4) is 0 Å². The molecule has 0 aliphatic carbocycles. The third-order valence-electron chi connectivity index (χ3n) is 3.93. The molecule has 20 heavy (non-hydrogen) atoms. The number of carbonyl (C=O) groups is 1. The van der Waals surface area contributed by atoms with Crippen LogP contribution in [-0.2, 0) is 11.2 Å². The van der Waals surface area contributed by atoms with E-state index in [0.29, 0.717) is 31.2 Å².